The number of rotatable bonds is 5. The number of ketones is 1. The molecule has 0 saturated carbocycles. The summed E-state index contributed by atoms with van der Waals surface area (Å²) in [6.07, 6.45) is 4.62. The van der Waals surface area contributed by atoms with Gasteiger partial charge in [0.05, 0.1) is 18.8 Å². The number of anilines is 1. The molecular weight excluding hydrogens is 318 g/mol. The maximum atomic E-state index is 12.6. The maximum absolute atomic E-state index is 12.6. The van der Waals surface area contributed by atoms with Gasteiger partial charge >= 0.3 is 0 Å². The van der Waals surface area contributed by atoms with Gasteiger partial charge in [0.25, 0.3) is 0 Å². The molecule has 3 rings (SSSR count). The van der Waals surface area contributed by atoms with E-state index in [9.17, 15) is 9.90 Å². The number of aromatic hydroxyl groups is 1. The van der Waals surface area contributed by atoms with Gasteiger partial charge in [-0.1, -0.05) is 18.2 Å². The van der Waals surface area contributed by atoms with Crippen LogP contribution in [-0.4, -0.2) is 32.1 Å². The van der Waals surface area contributed by atoms with Crippen molar-refractivity contribution in [2.24, 2.45) is 0 Å². The molecule has 2 aromatic carbocycles. The third-order valence-electron chi connectivity index (χ3n) is 3.98. The van der Waals surface area contributed by atoms with Crippen LogP contribution in [0.25, 0.3) is 17.0 Å². The first-order valence-corrected chi connectivity index (χ1v) is 7.78. The van der Waals surface area contributed by atoms with E-state index in [1.54, 1.807) is 12.1 Å². The highest BCUT2D eigenvalue weighted by molar-refractivity contribution is 6.13. The van der Waals surface area contributed by atoms with Gasteiger partial charge in [-0.2, -0.15) is 0 Å². The molecule has 0 bridgehead atoms. The topological polar surface area (TPSA) is 62.9 Å². The molecule has 0 amide bonds. The highest BCUT2D eigenvalue weighted by atomic mass is 16.5. The van der Waals surface area contributed by atoms with Crippen molar-refractivity contribution in [3.05, 3.63) is 59.9 Å². The molecule has 1 N–H and O–H groups in total. The molecule has 0 radical (unpaired) electrons. The van der Waals surface area contributed by atoms with E-state index < -0.39 is 0 Å². The lowest BCUT2D eigenvalue weighted by Crippen LogP contribution is -2.07. The van der Waals surface area contributed by atoms with Gasteiger partial charge < -0.3 is 19.2 Å². The minimum Gasteiger partial charge on any atom is -0.507 e. The monoisotopic (exact) mass is 337 g/mol. The Bertz CT molecular complexity index is 936. The van der Waals surface area contributed by atoms with E-state index >= 15 is 0 Å². The predicted molar refractivity (Wildman–Crippen MR) is 98.6 cm³/mol. The van der Waals surface area contributed by atoms with Crippen LogP contribution >= 0.6 is 0 Å². The third-order valence-corrected chi connectivity index (χ3v) is 3.98. The number of furan rings is 1. The van der Waals surface area contributed by atoms with Crippen molar-refractivity contribution < 1.29 is 19.1 Å². The summed E-state index contributed by atoms with van der Waals surface area (Å²) >= 11 is 0. The number of benzene rings is 2. The normalized spacial score (nSPS) is 11.2. The van der Waals surface area contributed by atoms with Crippen LogP contribution in [0.1, 0.15) is 15.9 Å². The first kappa shape index (κ1) is 16.6. The summed E-state index contributed by atoms with van der Waals surface area (Å²) in [6.45, 7) is 0. The molecule has 5 nitrogen and oxygen atoms in total. The Morgan fingerprint density at radius 3 is 2.56 bits per heavy atom. The summed E-state index contributed by atoms with van der Waals surface area (Å²) < 4.78 is 10.6. The molecule has 0 aliphatic heterocycles. The zero-order chi connectivity index (χ0) is 18.0. The lowest BCUT2D eigenvalue weighted by Gasteiger charge is -2.11. The fraction of sp³-hybridized carbons (Fsp3) is 0.150. The van der Waals surface area contributed by atoms with Gasteiger partial charge in [-0.25, -0.2) is 0 Å². The van der Waals surface area contributed by atoms with Crippen molar-refractivity contribution in [2.45, 2.75) is 0 Å². The van der Waals surface area contributed by atoms with E-state index in [1.807, 2.05) is 43.3 Å². The number of fused-ring (bicyclic) bond motifs is 1. The van der Waals surface area contributed by atoms with Gasteiger partial charge in [0, 0.05) is 25.8 Å². The van der Waals surface area contributed by atoms with Gasteiger partial charge in [-0.05, 0) is 29.8 Å². The number of carbonyl (C=O) groups excluding carboxylic acids is 1. The standard InChI is InChI=1S/C20H19NO4/c1-21(2)14-7-4-13(5-8-14)6-9-16(22)19-17(23)12-18-15(10-11-25-18)20(19)24-3/h4-12,23H,1-3H3/b9-6+. The van der Waals surface area contributed by atoms with Crippen molar-refractivity contribution in [3.63, 3.8) is 0 Å². The van der Waals surface area contributed by atoms with E-state index in [2.05, 4.69) is 0 Å². The number of hydrogen-bond acceptors (Lipinski definition) is 5. The Morgan fingerprint density at radius 2 is 1.92 bits per heavy atom. The molecule has 128 valence electrons. The van der Waals surface area contributed by atoms with E-state index in [1.165, 1.54) is 25.5 Å². The van der Waals surface area contributed by atoms with Crippen molar-refractivity contribution in [1.29, 1.82) is 0 Å². The summed E-state index contributed by atoms with van der Waals surface area (Å²) in [5.74, 6) is -0.201. The number of phenols is 1. The molecule has 0 atom stereocenters. The highest BCUT2D eigenvalue weighted by Gasteiger charge is 2.20. The summed E-state index contributed by atoms with van der Waals surface area (Å²) in [5.41, 5.74) is 2.56. The zero-order valence-electron chi connectivity index (χ0n) is 14.3. The molecule has 0 saturated heterocycles. The van der Waals surface area contributed by atoms with Crippen LogP contribution in [0.4, 0.5) is 5.69 Å². The van der Waals surface area contributed by atoms with Gasteiger partial charge in [0.15, 0.2) is 5.78 Å². The zero-order valence-corrected chi connectivity index (χ0v) is 14.3. The fourth-order valence-electron chi connectivity index (χ4n) is 2.66. The first-order valence-electron chi connectivity index (χ1n) is 7.78. The molecule has 0 spiro atoms. The highest BCUT2D eigenvalue weighted by Crippen LogP contribution is 2.37. The van der Waals surface area contributed by atoms with Crippen LogP contribution in [0, 0.1) is 0 Å². The van der Waals surface area contributed by atoms with Gasteiger partial charge in [0.2, 0.25) is 0 Å². The van der Waals surface area contributed by atoms with Crippen molar-refractivity contribution >= 4 is 28.5 Å². The van der Waals surface area contributed by atoms with Crippen LogP contribution < -0.4 is 9.64 Å². The average Bonchev–Trinajstić information content (AvgIpc) is 3.06. The predicted octanol–water partition coefficient (Wildman–Crippen LogP) is 4.11. The number of allylic oxidation sites excluding steroid dienone is 1. The molecular formula is C20H19NO4. The average molecular weight is 337 g/mol. The maximum Gasteiger partial charge on any atom is 0.193 e. The second kappa shape index (κ2) is 6.73. The number of nitrogens with zero attached hydrogens (tertiary/aromatic N) is 1. The van der Waals surface area contributed by atoms with Gasteiger partial charge in [-0.15, -0.1) is 0 Å². The number of methoxy groups -OCH3 is 1. The molecule has 5 heteroatoms. The molecule has 1 aromatic heterocycles. The van der Waals surface area contributed by atoms with Crippen molar-refractivity contribution in [1.82, 2.24) is 0 Å². The second-order valence-electron chi connectivity index (χ2n) is 5.82. The number of hydrogen-bond donors (Lipinski definition) is 1. The van der Waals surface area contributed by atoms with E-state index in [4.69, 9.17) is 9.15 Å². The minimum absolute atomic E-state index is 0.123. The summed E-state index contributed by atoms with van der Waals surface area (Å²) in [6, 6.07) is 10.9. The SMILES string of the molecule is COc1c(C(=O)/C=C/c2ccc(N(C)C)cc2)c(O)cc2occc12. The number of phenolic OH excluding ortho intramolecular Hbond substituents is 1. The molecule has 0 aliphatic carbocycles. The van der Waals surface area contributed by atoms with Gasteiger partial charge in [-0.3, -0.25) is 4.79 Å². The number of ether oxygens (including phenoxy) is 1. The van der Waals surface area contributed by atoms with Crippen molar-refractivity contribution in [3.8, 4) is 11.5 Å². The van der Waals surface area contributed by atoms with Gasteiger partial charge in [0.1, 0.15) is 22.6 Å². The Balaban J connectivity index is 1.93. The number of carbonyl (C=O) groups is 1. The third kappa shape index (κ3) is 3.21. The quantitative estimate of drug-likeness (QED) is 0.561. The molecule has 0 aliphatic rings. The Hall–Kier alpha value is -3.21. The molecule has 3 aromatic rings. The molecule has 0 unspecified atom stereocenters. The summed E-state index contributed by atoms with van der Waals surface area (Å²) in [7, 11) is 5.40. The molecule has 0 fully saturated rings. The van der Waals surface area contributed by atoms with E-state index in [0.29, 0.717) is 16.7 Å². The Kier molecular flexibility index (Phi) is 4.48. The van der Waals surface area contributed by atoms with Crippen LogP contribution in [0.3, 0.4) is 0 Å². The lowest BCUT2D eigenvalue weighted by molar-refractivity contribution is 0.104. The van der Waals surface area contributed by atoms with E-state index in [-0.39, 0.29) is 17.1 Å². The lowest BCUT2D eigenvalue weighted by atomic mass is 10.0. The van der Waals surface area contributed by atoms with Crippen LogP contribution in [0.15, 0.2) is 53.2 Å². The summed E-state index contributed by atoms with van der Waals surface area (Å²) in [5, 5.41) is 10.8. The van der Waals surface area contributed by atoms with Crippen LogP contribution in [-0.2, 0) is 0 Å². The summed E-state index contributed by atoms with van der Waals surface area (Å²) in [4.78, 5) is 14.6. The van der Waals surface area contributed by atoms with Crippen LogP contribution in [0.2, 0.25) is 0 Å². The fourth-order valence-corrected chi connectivity index (χ4v) is 2.66. The van der Waals surface area contributed by atoms with Crippen LogP contribution in [0.5, 0.6) is 11.5 Å². The second-order valence-corrected chi connectivity index (χ2v) is 5.82. The molecule has 1 heterocycles. The minimum atomic E-state index is -0.339. The molecule has 25 heavy (non-hydrogen) atoms. The smallest absolute Gasteiger partial charge is 0.193 e. The Labute approximate surface area is 145 Å². The Morgan fingerprint density at radius 1 is 1.20 bits per heavy atom. The first-order chi connectivity index (χ1) is 12.0. The van der Waals surface area contributed by atoms with Crippen molar-refractivity contribution in [2.75, 3.05) is 26.1 Å². The largest absolute Gasteiger partial charge is 0.507 e. The van der Waals surface area contributed by atoms with E-state index in [0.717, 1.165) is 11.3 Å².